The fraction of sp³-hybridized carbons (Fsp3) is 0.357. The van der Waals surface area contributed by atoms with Gasteiger partial charge < -0.3 is 5.32 Å². The van der Waals surface area contributed by atoms with Crippen molar-refractivity contribution < 1.29 is 9.59 Å². The smallest absolute Gasteiger partial charge is 0.267 e. The van der Waals surface area contributed by atoms with Crippen molar-refractivity contribution in [3.05, 3.63) is 33.8 Å². The first kappa shape index (κ1) is 15.8. The van der Waals surface area contributed by atoms with E-state index in [9.17, 15) is 9.59 Å². The fourth-order valence-corrected chi connectivity index (χ4v) is 2.28. The largest absolute Gasteiger partial charge is 0.344 e. The van der Waals surface area contributed by atoms with Crippen LogP contribution in [0.4, 0.5) is 0 Å². The van der Waals surface area contributed by atoms with Crippen LogP contribution in [0.3, 0.4) is 0 Å². The van der Waals surface area contributed by atoms with Gasteiger partial charge in [0.15, 0.2) is 0 Å². The Morgan fingerprint density at radius 3 is 2.67 bits per heavy atom. The minimum Gasteiger partial charge on any atom is -0.344 e. The zero-order chi connectivity index (χ0) is 15.6. The van der Waals surface area contributed by atoms with Gasteiger partial charge in [-0.1, -0.05) is 29.3 Å². The number of benzene rings is 1. The third-order valence-corrected chi connectivity index (χ3v) is 4.00. The molecule has 2 amide bonds. The molecule has 112 valence electrons. The van der Waals surface area contributed by atoms with E-state index in [1.165, 1.54) is 12.1 Å². The second-order valence-corrected chi connectivity index (χ2v) is 5.65. The number of nitrogens with zero attached hydrogens (tertiary/aromatic N) is 2. The molecular formula is C14H15Cl2N3O2. The molecule has 5 nitrogen and oxygen atoms in total. The number of hydrogen-bond acceptors (Lipinski definition) is 3. The van der Waals surface area contributed by atoms with E-state index in [2.05, 4.69) is 10.4 Å². The average molecular weight is 328 g/mol. The van der Waals surface area contributed by atoms with Gasteiger partial charge in [0, 0.05) is 19.9 Å². The molecule has 1 heterocycles. The Balaban J connectivity index is 2.07. The Hall–Kier alpha value is -1.59. The zero-order valence-electron chi connectivity index (χ0n) is 11.7. The molecule has 0 unspecified atom stereocenters. The van der Waals surface area contributed by atoms with Crippen molar-refractivity contribution in [3.63, 3.8) is 0 Å². The molecule has 2 rings (SSSR count). The summed E-state index contributed by atoms with van der Waals surface area (Å²) >= 11 is 11.8. The molecule has 0 spiro atoms. The maximum absolute atomic E-state index is 12.1. The van der Waals surface area contributed by atoms with Crippen LogP contribution in [0.2, 0.25) is 10.0 Å². The van der Waals surface area contributed by atoms with E-state index in [-0.39, 0.29) is 17.9 Å². The van der Waals surface area contributed by atoms with Crippen LogP contribution in [0.25, 0.3) is 0 Å². The number of halogens is 2. The number of carbonyl (C=O) groups excluding carboxylic acids is 2. The van der Waals surface area contributed by atoms with Gasteiger partial charge >= 0.3 is 0 Å². The molecule has 0 aromatic heterocycles. The predicted molar refractivity (Wildman–Crippen MR) is 82.5 cm³/mol. The van der Waals surface area contributed by atoms with Crippen LogP contribution in [0.5, 0.6) is 0 Å². The SMILES string of the molecule is C[C@@H](NC(=O)C1=NN(C)C(=O)CC1)c1ccc(Cl)c(Cl)c1. The highest BCUT2D eigenvalue weighted by Gasteiger charge is 2.23. The Kier molecular flexibility index (Phi) is 4.85. The van der Waals surface area contributed by atoms with E-state index in [0.717, 1.165) is 5.56 Å². The van der Waals surface area contributed by atoms with E-state index in [4.69, 9.17) is 23.2 Å². The Labute approximate surface area is 132 Å². The molecule has 1 aromatic rings. The normalized spacial score (nSPS) is 16.5. The summed E-state index contributed by atoms with van der Waals surface area (Å²) in [6, 6.07) is 4.97. The highest BCUT2D eigenvalue weighted by molar-refractivity contribution is 6.42. The van der Waals surface area contributed by atoms with Gasteiger partial charge in [0.2, 0.25) is 5.91 Å². The summed E-state index contributed by atoms with van der Waals surface area (Å²) in [5.41, 5.74) is 1.20. The maximum Gasteiger partial charge on any atom is 0.267 e. The molecule has 0 radical (unpaired) electrons. The topological polar surface area (TPSA) is 61.8 Å². The number of rotatable bonds is 3. The van der Waals surface area contributed by atoms with Gasteiger partial charge in [0.25, 0.3) is 5.91 Å². The molecule has 0 aliphatic carbocycles. The van der Waals surface area contributed by atoms with Crippen LogP contribution in [0.1, 0.15) is 31.4 Å². The second-order valence-electron chi connectivity index (χ2n) is 4.83. The standard InChI is InChI=1S/C14H15Cl2N3O2/c1-8(9-3-4-10(15)11(16)7-9)17-14(21)12-5-6-13(20)19(2)18-12/h3-4,7-8H,5-6H2,1-2H3,(H,17,21)/t8-/m1/s1. The number of nitrogens with one attached hydrogen (secondary N) is 1. The summed E-state index contributed by atoms with van der Waals surface area (Å²) < 4.78 is 0. The molecule has 0 saturated heterocycles. The van der Waals surface area contributed by atoms with Crippen LogP contribution in [0, 0.1) is 0 Å². The van der Waals surface area contributed by atoms with E-state index in [1.807, 2.05) is 6.92 Å². The molecule has 1 aliphatic heterocycles. The third-order valence-electron chi connectivity index (χ3n) is 3.26. The lowest BCUT2D eigenvalue weighted by Crippen LogP contribution is -2.38. The zero-order valence-corrected chi connectivity index (χ0v) is 13.2. The summed E-state index contributed by atoms with van der Waals surface area (Å²) in [5.74, 6) is -0.378. The highest BCUT2D eigenvalue weighted by Crippen LogP contribution is 2.25. The molecular weight excluding hydrogens is 313 g/mol. The Morgan fingerprint density at radius 1 is 1.33 bits per heavy atom. The summed E-state index contributed by atoms with van der Waals surface area (Å²) in [7, 11) is 1.54. The van der Waals surface area contributed by atoms with Gasteiger partial charge in [-0.15, -0.1) is 0 Å². The first-order valence-corrected chi connectivity index (χ1v) is 7.24. The van der Waals surface area contributed by atoms with Crippen molar-refractivity contribution in [2.24, 2.45) is 5.10 Å². The Bertz CT molecular complexity index is 616. The number of hydrogen-bond donors (Lipinski definition) is 1. The molecule has 21 heavy (non-hydrogen) atoms. The van der Waals surface area contributed by atoms with Crippen LogP contribution >= 0.6 is 23.2 Å². The van der Waals surface area contributed by atoms with Crippen LogP contribution in [-0.4, -0.2) is 29.6 Å². The van der Waals surface area contributed by atoms with Crippen molar-refractivity contribution in [3.8, 4) is 0 Å². The van der Waals surface area contributed by atoms with Crippen molar-refractivity contribution in [2.45, 2.75) is 25.8 Å². The number of carbonyl (C=O) groups is 2. The molecule has 1 N–H and O–H groups in total. The van der Waals surface area contributed by atoms with Gasteiger partial charge in [-0.25, -0.2) is 5.01 Å². The number of amides is 2. The molecule has 0 fully saturated rings. The van der Waals surface area contributed by atoms with Crippen molar-refractivity contribution >= 4 is 40.7 Å². The maximum atomic E-state index is 12.1. The van der Waals surface area contributed by atoms with Gasteiger partial charge in [0.1, 0.15) is 5.71 Å². The lowest BCUT2D eigenvalue weighted by Gasteiger charge is -2.21. The highest BCUT2D eigenvalue weighted by atomic mass is 35.5. The summed E-state index contributed by atoms with van der Waals surface area (Å²) in [5, 5.41) is 8.93. The third kappa shape index (κ3) is 3.74. The first-order valence-electron chi connectivity index (χ1n) is 6.48. The van der Waals surface area contributed by atoms with Gasteiger partial charge in [-0.2, -0.15) is 5.10 Å². The van der Waals surface area contributed by atoms with Crippen molar-refractivity contribution in [1.82, 2.24) is 10.3 Å². The number of hydrazone groups is 1. The van der Waals surface area contributed by atoms with Crippen LogP contribution in [-0.2, 0) is 9.59 Å². The van der Waals surface area contributed by atoms with E-state index >= 15 is 0 Å². The fourth-order valence-electron chi connectivity index (χ4n) is 1.98. The van der Waals surface area contributed by atoms with Gasteiger partial charge in [-0.3, -0.25) is 9.59 Å². The van der Waals surface area contributed by atoms with E-state index < -0.39 is 0 Å². The lowest BCUT2D eigenvalue weighted by atomic mass is 10.1. The van der Waals surface area contributed by atoms with E-state index in [0.29, 0.717) is 28.6 Å². The summed E-state index contributed by atoms with van der Waals surface area (Å²) in [6.07, 6.45) is 0.646. The lowest BCUT2D eigenvalue weighted by molar-refractivity contribution is -0.130. The van der Waals surface area contributed by atoms with Crippen LogP contribution < -0.4 is 5.32 Å². The molecule has 1 atom stereocenters. The Morgan fingerprint density at radius 2 is 2.05 bits per heavy atom. The quantitative estimate of drug-likeness (QED) is 0.927. The minimum absolute atomic E-state index is 0.0934. The summed E-state index contributed by atoms with van der Waals surface area (Å²) in [4.78, 5) is 23.5. The monoisotopic (exact) mass is 327 g/mol. The van der Waals surface area contributed by atoms with Crippen molar-refractivity contribution in [2.75, 3.05) is 7.05 Å². The van der Waals surface area contributed by atoms with Gasteiger partial charge in [-0.05, 0) is 24.6 Å². The summed E-state index contributed by atoms with van der Waals surface area (Å²) in [6.45, 7) is 1.84. The molecule has 7 heteroatoms. The van der Waals surface area contributed by atoms with Gasteiger partial charge in [0.05, 0.1) is 16.1 Å². The minimum atomic E-state index is -0.284. The van der Waals surface area contributed by atoms with Crippen molar-refractivity contribution in [1.29, 1.82) is 0 Å². The molecule has 0 saturated carbocycles. The average Bonchev–Trinajstić information content (AvgIpc) is 2.44. The van der Waals surface area contributed by atoms with Crippen LogP contribution in [0.15, 0.2) is 23.3 Å². The predicted octanol–water partition coefficient (Wildman–Crippen LogP) is 2.78. The molecule has 1 aromatic carbocycles. The molecule has 1 aliphatic rings. The second kappa shape index (κ2) is 6.45. The molecule has 0 bridgehead atoms. The first-order chi connectivity index (χ1) is 9.88. The van der Waals surface area contributed by atoms with E-state index in [1.54, 1.807) is 18.2 Å².